The molecule has 108 valence electrons. The lowest BCUT2D eigenvalue weighted by molar-refractivity contribution is -0.131. The number of benzene rings is 2. The monoisotopic (exact) mass is 322 g/mol. The van der Waals surface area contributed by atoms with Crippen molar-refractivity contribution in [3.05, 3.63) is 63.6 Å². The zero-order valence-corrected chi connectivity index (χ0v) is 12.7. The Morgan fingerprint density at radius 3 is 2.33 bits per heavy atom. The highest BCUT2D eigenvalue weighted by molar-refractivity contribution is 6.34. The number of aryl methyl sites for hydroxylation is 1. The van der Waals surface area contributed by atoms with E-state index < -0.39 is 5.97 Å². The van der Waals surface area contributed by atoms with E-state index in [1.165, 1.54) is 6.08 Å². The van der Waals surface area contributed by atoms with Gasteiger partial charge < -0.3 is 9.84 Å². The predicted octanol–water partition coefficient (Wildman–Crippen LogP) is 5.19. The lowest BCUT2D eigenvalue weighted by Gasteiger charge is -2.09. The third-order valence-electron chi connectivity index (χ3n) is 2.72. The van der Waals surface area contributed by atoms with Gasteiger partial charge in [-0.3, -0.25) is 0 Å². The zero-order chi connectivity index (χ0) is 15.4. The van der Waals surface area contributed by atoms with Gasteiger partial charge in [-0.2, -0.15) is 0 Å². The lowest BCUT2D eigenvalue weighted by Crippen LogP contribution is -1.89. The maximum Gasteiger partial charge on any atom is 0.328 e. The summed E-state index contributed by atoms with van der Waals surface area (Å²) in [6.07, 6.45) is 2.64. The highest BCUT2D eigenvalue weighted by Gasteiger charge is 2.03. The van der Waals surface area contributed by atoms with E-state index in [0.29, 0.717) is 21.5 Å². The van der Waals surface area contributed by atoms with Gasteiger partial charge in [-0.15, -0.1) is 0 Å². The van der Waals surface area contributed by atoms with Crippen molar-refractivity contribution in [3.63, 3.8) is 0 Å². The molecule has 0 fully saturated rings. The zero-order valence-electron chi connectivity index (χ0n) is 11.1. The molecule has 0 heterocycles. The van der Waals surface area contributed by atoms with Crippen LogP contribution in [-0.4, -0.2) is 11.1 Å². The fourth-order valence-electron chi connectivity index (χ4n) is 1.78. The number of carbonyl (C=O) groups is 1. The summed E-state index contributed by atoms with van der Waals surface area (Å²) in [6, 6.07) is 10.3. The first-order chi connectivity index (χ1) is 9.94. The summed E-state index contributed by atoms with van der Waals surface area (Å²) < 4.78 is 5.69. The van der Waals surface area contributed by atoms with E-state index in [1.807, 2.05) is 13.0 Å². The Bertz CT molecular complexity index is 688. The minimum atomic E-state index is -0.983. The van der Waals surface area contributed by atoms with Crippen LogP contribution < -0.4 is 4.74 Å². The van der Waals surface area contributed by atoms with Crippen molar-refractivity contribution in [2.75, 3.05) is 0 Å². The van der Waals surface area contributed by atoms with E-state index in [1.54, 1.807) is 30.3 Å². The molecule has 0 aliphatic carbocycles. The van der Waals surface area contributed by atoms with Gasteiger partial charge in [0, 0.05) is 16.1 Å². The summed E-state index contributed by atoms with van der Waals surface area (Å²) in [6.45, 7) is 1.87. The Morgan fingerprint density at radius 1 is 1.10 bits per heavy atom. The van der Waals surface area contributed by atoms with Gasteiger partial charge in [0.25, 0.3) is 0 Å². The van der Waals surface area contributed by atoms with E-state index in [2.05, 4.69) is 0 Å². The predicted molar refractivity (Wildman–Crippen MR) is 84.4 cm³/mol. The Kier molecular flexibility index (Phi) is 4.89. The molecule has 21 heavy (non-hydrogen) atoms. The van der Waals surface area contributed by atoms with Gasteiger partial charge in [0.2, 0.25) is 0 Å². The average Bonchev–Trinajstić information content (AvgIpc) is 2.36. The van der Waals surface area contributed by atoms with Crippen LogP contribution in [0, 0.1) is 6.92 Å². The SMILES string of the molecule is Cc1cc(Oc2cc(Cl)cc(Cl)c2)ccc1C=CC(=O)O. The van der Waals surface area contributed by atoms with Crippen molar-refractivity contribution in [2.24, 2.45) is 0 Å². The Hall–Kier alpha value is -1.97. The van der Waals surface area contributed by atoms with Gasteiger partial charge in [-0.05, 0) is 54.5 Å². The first-order valence-corrected chi connectivity index (χ1v) is 6.85. The van der Waals surface area contributed by atoms with Crippen LogP contribution in [0.2, 0.25) is 10.0 Å². The number of carboxylic acid groups (broad SMARTS) is 1. The quantitative estimate of drug-likeness (QED) is 0.787. The van der Waals surface area contributed by atoms with Gasteiger partial charge in [0.15, 0.2) is 0 Å². The van der Waals surface area contributed by atoms with E-state index in [-0.39, 0.29) is 0 Å². The van der Waals surface area contributed by atoms with Crippen molar-refractivity contribution in [1.29, 1.82) is 0 Å². The number of hydrogen-bond acceptors (Lipinski definition) is 2. The fraction of sp³-hybridized carbons (Fsp3) is 0.0625. The molecule has 3 nitrogen and oxygen atoms in total. The summed E-state index contributed by atoms with van der Waals surface area (Å²) in [5, 5.41) is 9.62. The van der Waals surface area contributed by atoms with Crippen LogP contribution >= 0.6 is 23.2 Å². The molecule has 1 N–H and O–H groups in total. The molecule has 0 aliphatic heterocycles. The molecule has 0 bridgehead atoms. The molecule has 0 amide bonds. The maximum absolute atomic E-state index is 10.5. The number of halogens is 2. The van der Waals surface area contributed by atoms with E-state index in [9.17, 15) is 4.79 Å². The topological polar surface area (TPSA) is 46.5 Å². The summed E-state index contributed by atoms with van der Waals surface area (Å²) >= 11 is 11.8. The molecule has 5 heteroatoms. The van der Waals surface area contributed by atoms with Crippen LogP contribution in [0.1, 0.15) is 11.1 Å². The van der Waals surface area contributed by atoms with Crippen molar-refractivity contribution in [3.8, 4) is 11.5 Å². The molecular weight excluding hydrogens is 311 g/mol. The molecule has 0 saturated carbocycles. The molecule has 0 aromatic heterocycles. The highest BCUT2D eigenvalue weighted by Crippen LogP contribution is 2.29. The number of rotatable bonds is 4. The van der Waals surface area contributed by atoms with Gasteiger partial charge in [0.1, 0.15) is 11.5 Å². The van der Waals surface area contributed by atoms with Crippen LogP contribution in [0.5, 0.6) is 11.5 Å². The largest absolute Gasteiger partial charge is 0.478 e. The molecule has 0 aliphatic rings. The second-order valence-corrected chi connectivity index (χ2v) is 5.27. The molecule has 2 rings (SSSR count). The minimum Gasteiger partial charge on any atom is -0.478 e. The molecule has 0 spiro atoms. The fourth-order valence-corrected chi connectivity index (χ4v) is 2.29. The standard InChI is InChI=1S/C16H12Cl2O3/c1-10-6-14(4-2-11(10)3-5-16(19)20)21-15-8-12(17)7-13(18)9-15/h2-9H,1H3,(H,19,20). The number of carboxylic acids is 1. The van der Waals surface area contributed by atoms with E-state index in [0.717, 1.165) is 17.2 Å². The summed E-state index contributed by atoms with van der Waals surface area (Å²) in [5.74, 6) is 0.183. The van der Waals surface area contributed by atoms with Gasteiger partial charge in [-0.1, -0.05) is 29.3 Å². The van der Waals surface area contributed by atoms with Gasteiger partial charge >= 0.3 is 5.97 Å². The van der Waals surface area contributed by atoms with Gasteiger partial charge in [0.05, 0.1) is 0 Å². The molecule has 2 aromatic carbocycles. The average molecular weight is 323 g/mol. The maximum atomic E-state index is 10.5. The van der Waals surface area contributed by atoms with Crippen molar-refractivity contribution in [2.45, 2.75) is 6.92 Å². The Balaban J connectivity index is 2.22. The van der Waals surface area contributed by atoms with E-state index >= 15 is 0 Å². The summed E-state index contributed by atoms with van der Waals surface area (Å²) in [5.41, 5.74) is 1.71. The van der Waals surface area contributed by atoms with Gasteiger partial charge in [-0.25, -0.2) is 4.79 Å². The second kappa shape index (κ2) is 6.66. The van der Waals surface area contributed by atoms with Crippen LogP contribution in [0.15, 0.2) is 42.5 Å². The second-order valence-electron chi connectivity index (χ2n) is 4.40. The molecule has 0 radical (unpaired) electrons. The minimum absolute atomic E-state index is 0.496. The first-order valence-electron chi connectivity index (χ1n) is 6.09. The van der Waals surface area contributed by atoms with Crippen molar-refractivity contribution in [1.82, 2.24) is 0 Å². The number of hydrogen-bond donors (Lipinski definition) is 1. The van der Waals surface area contributed by atoms with Crippen LogP contribution in [0.25, 0.3) is 6.08 Å². The van der Waals surface area contributed by atoms with Crippen molar-refractivity contribution >= 4 is 35.2 Å². The smallest absolute Gasteiger partial charge is 0.328 e. The number of aliphatic carboxylic acids is 1. The molecular formula is C16H12Cl2O3. The molecule has 0 saturated heterocycles. The summed E-state index contributed by atoms with van der Waals surface area (Å²) in [4.78, 5) is 10.5. The van der Waals surface area contributed by atoms with Crippen LogP contribution in [0.4, 0.5) is 0 Å². The molecule has 0 atom stereocenters. The lowest BCUT2D eigenvalue weighted by atomic mass is 10.1. The first kappa shape index (κ1) is 15.4. The highest BCUT2D eigenvalue weighted by atomic mass is 35.5. The van der Waals surface area contributed by atoms with E-state index in [4.69, 9.17) is 33.0 Å². The van der Waals surface area contributed by atoms with Crippen LogP contribution in [-0.2, 0) is 4.79 Å². The molecule has 0 unspecified atom stereocenters. The van der Waals surface area contributed by atoms with Crippen LogP contribution in [0.3, 0.4) is 0 Å². The third kappa shape index (κ3) is 4.52. The third-order valence-corrected chi connectivity index (χ3v) is 3.15. The number of ether oxygens (including phenoxy) is 1. The van der Waals surface area contributed by atoms with Crippen molar-refractivity contribution < 1.29 is 14.6 Å². The molecule has 2 aromatic rings. The normalized spacial score (nSPS) is 10.8. The Labute approximate surface area is 132 Å². The Morgan fingerprint density at radius 2 is 1.76 bits per heavy atom. The summed E-state index contributed by atoms with van der Waals surface area (Å²) in [7, 11) is 0.